The smallest absolute Gasteiger partial charge is 0.137 e. The molecule has 0 saturated heterocycles. The number of hydrogen-bond acceptors (Lipinski definition) is 3. The van der Waals surface area contributed by atoms with Crippen LogP contribution in [0.15, 0.2) is 0 Å². The quantitative estimate of drug-likeness (QED) is 0.723. The fraction of sp³-hybridized carbons (Fsp3) is 0.947. The molecule has 124 valence electrons. The fourth-order valence-electron chi connectivity index (χ4n) is 7.10. The molecule has 22 heavy (non-hydrogen) atoms. The first-order valence-corrected chi connectivity index (χ1v) is 9.24. The van der Waals surface area contributed by atoms with Crippen molar-refractivity contribution in [2.45, 2.75) is 77.4 Å². The first-order valence-electron chi connectivity index (χ1n) is 9.24. The number of carbonyl (C=O) groups is 1. The number of carbonyl (C=O) groups excluding carboxylic acids is 1. The summed E-state index contributed by atoms with van der Waals surface area (Å²) in [6.45, 7) is 4.54. The molecule has 0 aliphatic heterocycles. The number of fused-ring (bicyclic) bond motifs is 5. The van der Waals surface area contributed by atoms with Crippen LogP contribution < -0.4 is 0 Å². The van der Waals surface area contributed by atoms with E-state index in [0.29, 0.717) is 30.0 Å². The molecule has 0 amide bonds. The van der Waals surface area contributed by atoms with Gasteiger partial charge in [-0.3, -0.25) is 4.79 Å². The van der Waals surface area contributed by atoms with Crippen molar-refractivity contribution in [2.24, 2.45) is 34.5 Å². The van der Waals surface area contributed by atoms with Gasteiger partial charge in [-0.05, 0) is 73.5 Å². The lowest BCUT2D eigenvalue weighted by atomic mass is 9.44. The molecule has 0 aromatic rings. The van der Waals surface area contributed by atoms with Crippen LogP contribution in [0, 0.1) is 34.5 Å². The van der Waals surface area contributed by atoms with Crippen molar-refractivity contribution in [3.63, 3.8) is 0 Å². The number of aliphatic hydroxyl groups is 2. The Labute approximate surface area is 133 Å². The number of aliphatic hydroxyl groups excluding tert-OH is 2. The maximum Gasteiger partial charge on any atom is 0.137 e. The van der Waals surface area contributed by atoms with Gasteiger partial charge in [0.2, 0.25) is 0 Å². The molecule has 0 unspecified atom stereocenters. The van der Waals surface area contributed by atoms with Gasteiger partial charge in [0.1, 0.15) is 5.78 Å². The van der Waals surface area contributed by atoms with E-state index in [1.165, 1.54) is 0 Å². The second-order valence-corrected chi connectivity index (χ2v) is 9.28. The highest BCUT2D eigenvalue weighted by Crippen LogP contribution is 2.65. The van der Waals surface area contributed by atoms with Gasteiger partial charge in [0.25, 0.3) is 0 Å². The van der Waals surface area contributed by atoms with Crippen molar-refractivity contribution in [1.82, 2.24) is 0 Å². The maximum atomic E-state index is 13.1. The van der Waals surface area contributed by atoms with Crippen molar-refractivity contribution in [3.8, 4) is 0 Å². The van der Waals surface area contributed by atoms with Crippen LogP contribution in [-0.4, -0.2) is 28.2 Å². The van der Waals surface area contributed by atoms with Gasteiger partial charge in [0, 0.05) is 12.3 Å². The lowest BCUT2D eigenvalue weighted by Crippen LogP contribution is -2.58. The summed E-state index contributed by atoms with van der Waals surface area (Å²) in [5.41, 5.74) is 0.0952. The summed E-state index contributed by atoms with van der Waals surface area (Å²) in [5.74, 6) is 1.77. The lowest BCUT2D eigenvalue weighted by molar-refractivity contribution is -0.164. The molecule has 0 heterocycles. The summed E-state index contributed by atoms with van der Waals surface area (Å²) in [5, 5.41) is 20.6. The van der Waals surface area contributed by atoms with Crippen LogP contribution in [-0.2, 0) is 4.79 Å². The van der Waals surface area contributed by atoms with Crippen molar-refractivity contribution >= 4 is 5.78 Å². The Bertz CT molecular complexity index is 489. The summed E-state index contributed by atoms with van der Waals surface area (Å²) in [6.07, 6.45) is 7.05. The summed E-state index contributed by atoms with van der Waals surface area (Å²) >= 11 is 0. The summed E-state index contributed by atoms with van der Waals surface area (Å²) in [4.78, 5) is 13.1. The maximum absolute atomic E-state index is 13.1. The first-order chi connectivity index (χ1) is 10.3. The van der Waals surface area contributed by atoms with E-state index in [4.69, 9.17) is 0 Å². The van der Waals surface area contributed by atoms with Gasteiger partial charge in [-0.2, -0.15) is 0 Å². The largest absolute Gasteiger partial charge is 0.393 e. The van der Waals surface area contributed by atoms with Crippen LogP contribution in [0.3, 0.4) is 0 Å². The average Bonchev–Trinajstić information content (AvgIpc) is 2.74. The van der Waals surface area contributed by atoms with E-state index in [-0.39, 0.29) is 29.0 Å². The van der Waals surface area contributed by atoms with Gasteiger partial charge in [-0.1, -0.05) is 13.8 Å². The van der Waals surface area contributed by atoms with Gasteiger partial charge < -0.3 is 10.2 Å². The minimum absolute atomic E-state index is 0.0368. The second-order valence-electron chi connectivity index (χ2n) is 9.28. The monoisotopic (exact) mass is 306 g/mol. The van der Waals surface area contributed by atoms with Crippen LogP contribution in [0.1, 0.15) is 65.2 Å². The van der Waals surface area contributed by atoms with E-state index >= 15 is 0 Å². The van der Waals surface area contributed by atoms with Crippen LogP contribution in [0.2, 0.25) is 0 Å². The molecule has 0 aromatic heterocycles. The Morgan fingerprint density at radius 3 is 2.59 bits per heavy atom. The van der Waals surface area contributed by atoms with Crippen molar-refractivity contribution in [3.05, 3.63) is 0 Å². The molecule has 4 rings (SSSR count). The second kappa shape index (κ2) is 4.80. The van der Waals surface area contributed by atoms with Gasteiger partial charge in [0.15, 0.2) is 0 Å². The zero-order valence-electron chi connectivity index (χ0n) is 13.9. The SMILES string of the molecule is C[C@@]12CC[C@H](O)[C@H]1[C@@H]1CC[C@H]3C[C@H](O)CC[C@]3(C)[C@H]1C(=O)C2. The normalized spacial score (nSPS) is 57.9. The zero-order valence-corrected chi connectivity index (χ0v) is 13.9. The Morgan fingerprint density at radius 2 is 1.82 bits per heavy atom. The van der Waals surface area contributed by atoms with E-state index in [1.807, 2.05) is 0 Å². The van der Waals surface area contributed by atoms with Gasteiger partial charge >= 0.3 is 0 Å². The molecule has 3 heteroatoms. The fourth-order valence-corrected chi connectivity index (χ4v) is 7.10. The Hall–Kier alpha value is -0.410. The van der Waals surface area contributed by atoms with E-state index in [2.05, 4.69) is 13.8 Å². The molecule has 4 aliphatic rings. The summed E-state index contributed by atoms with van der Waals surface area (Å²) in [7, 11) is 0. The molecule has 0 radical (unpaired) electrons. The molecule has 0 spiro atoms. The molecule has 0 bridgehead atoms. The van der Waals surface area contributed by atoms with Gasteiger partial charge in [0.05, 0.1) is 12.2 Å². The van der Waals surface area contributed by atoms with Crippen molar-refractivity contribution in [1.29, 1.82) is 0 Å². The first kappa shape index (κ1) is 15.1. The van der Waals surface area contributed by atoms with Crippen LogP contribution in [0.5, 0.6) is 0 Å². The van der Waals surface area contributed by atoms with Crippen LogP contribution >= 0.6 is 0 Å². The van der Waals surface area contributed by atoms with Crippen molar-refractivity contribution in [2.75, 3.05) is 0 Å². The van der Waals surface area contributed by atoms with E-state index in [0.717, 1.165) is 44.9 Å². The standard InChI is InChI=1S/C19H30O3/c1-18-7-6-14(21)16(18)13-4-3-11-9-12(20)5-8-19(11,2)17(13)15(22)10-18/h11-14,16-17,20-21H,3-10H2,1-2H3/t11-,12+,13-,14-,16+,17+,18-,19-/m0/s1. The molecular weight excluding hydrogens is 276 g/mol. The van der Waals surface area contributed by atoms with Gasteiger partial charge in [-0.25, -0.2) is 0 Å². The van der Waals surface area contributed by atoms with E-state index in [1.54, 1.807) is 0 Å². The Morgan fingerprint density at radius 1 is 1.05 bits per heavy atom. The third-order valence-corrected chi connectivity index (χ3v) is 8.11. The molecule has 2 N–H and O–H groups in total. The summed E-state index contributed by atoms with van der Waals surface area (Å²) in [6, 6.07) is 0. The van der Waals surface area contributed by atoms with E-state index < -0.39 is 0 Å². The van der Waals surface area contributed by atoms with Crippen LogP contribution in [0.25, 0.3) is 0 Å². The molecule has 8 atom stereocenters. The van der Waals surface area contributed by atoms with E-state index in [9.17, 15) is 15.0 Å². The minimum Gasteiger partial charge on any atom is -0.393 e. The predicted molar refractivity (Wildman–Crippen MR) is 84.1 cm³/mol. The molecule has 3 nitrogen and oxygen atoms in total. The highest BCUT2D eigenvalue weighted by atomic mass is 16.3. The molecule has 4 aliphatic carbocycles. The zero-order chi connectivity index (χ0) is 15.7. The number of ketones is 1. The van der Waals surface area contributed by atoms with Gasteiger partial charge in [-0.15, -0.1) is 0 Å². The molecule has 4 saturated carbocycles. The third kappa shape index (κ3) is 1.91. The Kier molecular flexibility index (Phi) is 3.30. The van der Waals surface area contributed by atoms with Crippen molar-refractivity contribution < 1.29 is 15.0 Å². The molecule has 0 aromatic carbocycles. The highest BCUT2D eigenvalue weighted by Gasteiger charge is 2.62. The highest BCUT2D eigenvalue weighted by molar-refractivity contribution is 5.84. The lowest BCUT2D eigenvalue weighted by Gasteiger charge is -2.59. The minimum atomic E-state index is -0.208. The Balaban J connectivity index is 1.71. The van der Waals surface area contributed by atoms with Crippen LogP contribution in [0.4, 0.5) is 0 Å². The number of rotatable bonds is 0. The number of hydrogen-bond donors (Lipinski definition) is 2. The number of Topliss-reactive ketones (excluding diaryl/α,β-unsaturated/α-hetero) is 1. The third-order valence-electron chi connectivity index (χ3n) is 8.11. The average molecular weight is 306 g/mol. The molecular formula is C19H30O3. The summed E-state index contributed by atoms with van der Waals surface area (Å²) < 4.78 is 0. The molecule has 4 fully saturated rings. The topological polar surface area (TPSA) is 57.5 Å². The predicted octanol–water partition coefficient (Wildman–Crippen LogP) is 2.93.